The second kappa shape index (κ2) is 8.50. The molecule has 0 spiro atoms. The average molecular weight is 284 g/mol. The lowest BCUT2D eigenvalue weighted by atomic mass is 10.1. The Balaban J connectivity index is 2.36. The number of nitrogens with one attached hydrogen (secondary N) is 1. The van der Waals surface area contributed by atoms with E-state index in [1.165, 1.54) is 12.1 Å². The summed E-state index contributed by atoms with van der Waals surface area (Å²) in [5, 5.41) is 2.64. The molecule has 0 fully saturated rings. The van der Waals surface area contributed by atoms with Gasteiger partial charge >= 0.3 is 0 Å². The molecule has 1 aromatic rings. The smallest absolute Gasteiger partial charge is 0.254 e. The summed E-state index contributed by atoms with van der Waals surface area (Å²) < 4.78 is 23.9. The number of methoxy groups -OCH3 is 1. The van der Waals surface area contributed by atoms with Crippen molar-refractivity contribution in [2.45, 2.75) is 13.3 Å². The van der Waals surface area contributed by atoms with Gasteiger partial charge in [-0.1, -0.05) is 0 Å². The van der Waals surface area contributed by atoms with Crippen LogP contribution >= 0.6 is 0 Å². The number of ether oxygens (including phenoxy) is 2. The minimum absolute atomic E-state index is 0.0252. The number of anilines is 1. The van der Waals surface area contributed by atoms with Crippen molar-refractivity contribution in [3.8, 4) is 0 Å². The molecule has 0 atom stereocenters. The number of carbonyl (C=O) groups is 1. The fraction of sp³-hybridized carbons (Fsp3) is 0.500. The molecule has 112 valence electrons. The Kier molecular flexibility index (Phi) is 6.97. The van der Waals surface area contributed by atoms with Crippen LogP contribution in [0.25, 0.3) is 0 Å². The highest BCUT2D eigenvalue weighted by atomic mass is 19.1. The number of hydrogen-bond acceptors (Lipinski definition) is 4. The maximum absolute atomic E-state index is 13.8. The van der Waals surface area contributed by atoms with Gasteiger partial charge in [0.05, 0.1) is 18.8 Å². The maximum atomic E-state index is 13.8. The number of aryl methyl sites for hydroxylation is 1. The van der Waals surface area contributed by atoms with Crippen molar-refractivity contribution in [3.63, 3.8) is 0 Å². The van der Waals surface area contributed by atoms with Crippen LogP contribution in [0.4, 0.5) is 10.1 Å². The molecule has 0 aliphatic heterocycles. The zero-order chi connectivity index (χ0) is 15.0. The third kappa shape index (κ3) is 5.14. The van der Waals surface area contributed by atoms with E-state index >= 15 is 0 Å². The molecule has 0 bridgehead atoms. The summed E-state index contributed by atoms with van der Waals surface area (Å²) in [6.45, 7) is 3.57. The van der Waals surface area contributed by atoms with Gasteiger partial charge in [-0.25, -0.2) is 4.39 Å². The van der Waals surface area contributed by atoms with E-state index in [4.69, 9.17) is 15.2 Å². The quantitative estimate of drug-likeness (QED) is 0.560. The van der Waals surface area contributed by atoms with Crippen molar-refractivity contribution in [2.24, 2.45) is 0 Å². The van der Waals surface area contributed by atoms with Crippen LogP contribution in [-0.4, -0.2) is 39.4 Å². The molecular weight excluding hydrogens is 263 g/mol. The van der Waals surface area contributed by atoms with Crippen molar-refractivity contribution >= 4 is 11.6 Å². The lowest BCUT2D eigenvalue weighted by Crippen LogP contribution is -2.26. The predicted molar refractivity (Wildman–Crippen MR) is 75.2 cm³/mol. The molecule has 0 aliphatic carbocycles. The Bertz CT molecular complexity index is 452. The van der Waals surface area contributed by atoms with Crippen molar-refractivity contribution in [1.82, 2.24) is 5.32 Å². The van der Waals surface area contributed by atoms with E-state index in [1.54, 1.807) is 14.0 Å². The van der Waals surface area contributed by atoms with E-state index < -0.39 is 11.7 Å². The topological polar surface area (TPSA) is 73.6 Å². The summed E-state index contributed by atoms with van der Waals surface area (Å²) in [6.07, 6.45) is 0.651. The Morgan fingerprint density at radius 2 is 2.10 bits per heavy atom. The highest BCUT2D eigenvalue weighted by Gasteiger charge is 2.14. The van der Waals surface area contributed by atoms with Gasteiger partial charge < -0.3 is 20.5 Å². The Labute approximate surface area is 118 Å². The van der Waals surface area contributed by atoms with Gasteiger partial charge in [0.15, 0.2) is 0 Å². The largest absolute Gasteiger partial charge is 0.399 e. The SMILES string of the molecule is COCCOCCCNC(=O)c1cc(N)cc(C)c1F. The number of amides is 1. The zero-order valence-electron chi connectivity index (χ0n) is 11.9. The number of nitrogen functional groups attached to an aromatic ring is 1. The highest BCUT2D eigenvalue weighted by Crippen LogP contribution is 2.16. The molecule has 0 heterocycles. The molecule has 0 aliphatic rings. The minimum atomic E-state index is -0.534. The van der Waals surface area contributed by atoms with Crippen LogP contribution in [0.5, 0.6) is 0 Å². The summed E-state index contributed by atoms with van der Waals surface area (Å²) in [6, 6.07) is 2.84. The summed E-state index contributed by atoms with van der Waals surface area (Å²) in [5.41, 5.74) is 6.32. The Hall–Kier alpha value is -1.66. The van der Waals surface area contributed by atoms with Gasteiger partial charge in [-0.3, -0.25) is 4.79 Å². The lowest BCUT2D eigenvalue weighted by Gasteiger charge is -2.09. The summed E-state index contributed by atoms with van der Waals surface area (Å²) in [7, 11) is 1.60. The molecule has 1 aromatic carbocycles. The van der Waals surface area contributed by atoms with Crippen LogP contribution in [0, 0.1) is 12.7 Å². The monoisotopic (exact) mass is 284 g/mol. The standard InChI is InChI=1S/C14H21FN2O3/c1-10-8-11(16)9-12(13(10)15)14(18)17-4-3-5-20-7-6-19-2/h8-9H,3-7,16H2,1-2H3,(H,17,18). The van der Waals surface area contributed by atoms with Gasteiger partial charge in [0.25, 0.3) is 5.91 Å². The highest BCUT2D eigenvalue weighted by molar-refractivity contribution is 5.95. The molecule has 1 amide bonds. The molecule has 20 heavy (non-hydrogen) atoms. The van der Waals surface area contributed by atoms with E-state index in [-0.39, 0.29) is 5.56 Å². The second-order valence-corrected chi connectivity index (χ2v) is 4.41. The zero-order valence-corrected chi connectivity index (χ0v) is 11.9. The van der Waals surface area contributed by atoms with Crippen molar-refractivity contribution in [3.05, 3.63) is 29.1 Å². The van der Waals surface area contributed by atoms with Crippen molar-refractivity contribution in [2.75, 3.05) is 39.2 Å². The van der Waals surface area contributed by atoms with Crippen LogP contribution in [0.15, 0.2) is 12.1 Å². The molecule has 0 aromatic heterocycles. The van der Waals surface area contributed by atoms with Gasteiger partial charge in [-0.2, -0.15) is 0 Å². The number of carbonyl (C=O) groups excluding carboxylic acids is 1. The van der Waals surface area contributed by atoms with Crippen molar-refractivity contribution < 1.29 is 18.7 Å². The molecule has 0 radical (unpaired) electrons. The van der Waals surface area contributed by atoms with E-state index in [1.807, 2.05) is 0 Å². The summed E-state index contributed by atoms with van der Waals surface area (Å²) in [5.74, 6) is -0.997. The molecule has 5 nitrogen and oxygen atoms in total. The molecular formula is C14H21FN2O3. The van der Waals surface area contributed by atoms with Crippen LogP contribution in [0.1, 0.15) is 22.3 Å². The minimum Gasteiger partial charge on any atom is -0.399 e. The molecule has 0 saturated heterocycles. The van der Waals surface area contributed by atoms with E-state index in [2.05, 4.69) is 5.32 Å². The molecule has 0 saturated carbocycles. The maximum Gasteiger partial charge on any atom is 0.254 e. The third-order valence-corrected chi connectivity index (χ3v) is 2.70. The first-order valence-corrected chi connectivity index (χ1v) is 6.46. The van der Waals surface area contributed by atoms with E-state index in [9.17, 15) is 9.18 Å². The number of benzene rings is 1. The first kappa shape index (κ1) is 16.4. The van der Waals surface area contributed by atoms with Gasteiger partial charge in [-0.15, -0.1) is 0 Å². The van der Waals surface area contributed by atoms with Gasteiger partial charge in [0.2, 0.25) is 0 Å². The fourth-order valence-electron chi connectivity index (χ4n) is 1.68. The number of halogens is 1. The number of nitrogens with two attached hydrogens (primary N) is 1. The van der Waals surface area contributed by atoms with Crippen LogP contribution in [-0.2, 0) is 9.47 Å². The Morgan fingerprint density at radius 1 is 1.35 bits per heavy atom. The van der Waals surface area contributed by atoms with Crippen LogP contribution in [0.2, 0.25) is 0 Å². The fourth-order valence-corrected chi connectivity index (χ4v) is 1.68. The lowest BCUT2D eigenvalue weighted by molar-refractivity contribution is 0.0688. The van der Waals surface area contributed by atoms with E-state index in [0.717, 1.165) is 0 Å². The van der Waals surface area contributed by atoms with E-state index in [0.29, 0.717) is 44.0 Å². The van der Waals surface area contributed by atoms with Crippen molar-refractivity contribution in [1.29, 1.82) is 0 Å². The Morgan fingerprint density at radius 3 is 2.80 bits per heavy atom. The predicted octanol–water partition coefficient (Wildman–Crippen LogP) is 1.50. The van der Waals surface area contributed by atoms with Crippen LogP contribution < -0.4 is 11.1 Å². The number of hydrogen-bond donors (Lipinski definition) is 2. The van der Waals surface area contributed by atoms with Gasteiger partial charge in [0, 0.05) is 25.9 Å². The molecule has 3 N–H and O–H groups in total. The third-order valence-electron chi connectivity index (χ3n) is 2.70. The first-order valence-electron chi connectivity index (χ1n) is 6.46. The average Bonchev–Trinajstić information content (AvgIpc) is 2.41. The first-order chi connectivity index (χ1) is 9.56. The van der Waals surface area contributed by atoms with Gasteiger partial charge in [-0.05, 0) is 31.0 Å². The summed E-state index contributed by atoms with van der Waals surface area (Å²) >= 11 is 0. The van der Waals surface area contributed by atoms with Gasteiger partial charge in [0.1, 0.15) is 5.82 Å². The molecule has 0 unspecified atom stereocenters. The molecule has 6 heteroatoms. The normalized spacial score (nSPS) is 10.6. The summed E-state index contributed by atoms with van der Waals surface area (Å²) in [4.78, 5) is 11.8. The molecule has 1 rings (SSSR count). The second-order valence-electron chi connectivity index (χ2n) is 4.41. The van der Waals surface area contributed by atoms with Crippen LogP contribution in [0.3, 0.4) is 0 Å². The number of rotatable bonds is 8.